The van der Waals surface area contributed by atoms with E-state index in [0.717, 1.165) is 30.8 Å². The van der Waals surface area contributed by atoms with Gasteiger partial charge in [-0.3, -0.25) is 4.79 Å². The molecule has 0 saturated carbocycles. The topological polar surface area (TPSA) is 32.3 Å². The molecular weight excluding hydrogens is 300 g/mol. The summed E-state index contributed by atoms with van der Waals surface area (Å²) in [7, 11) is 0. The van der Waals surface area contributed by atoms with Gasteiger partial charge < -0.3 is 10.2 Å². The highest BCUT2D eigenvalue weighted by Crippen LogP contribution is 2.40. The number of nitrogens with zero attached hydrogens (tertiary/aromatic N) is 1. The molecule has 2 fully saturated rings. The number of likely N-dealkylation sites (tertiary alicyclic amines) is 1. The Hall–Kier alpha value is -0.560. The van der Waals surface area contributed by atoms with E-state index in [9.17, 15) is 22.4 Å². The van der Waals surface area contributed by atoms with Crippen LogP contribution in [0.2, 0.25) is 0 Å². The van der Waals surface area contributed by atoms with Crippen molar-refractivity contribution in [1.82, 2.24) is 10.2 Å². The molecule has 0 unspecified atom stereocenters. The van der Waals surface area contributed by atoms with Gasteiger partial charge in [0.25, 0.3) is 5.91 Å². The molecule has 3 nitrogen and oxygen atoms in total. The summed E-state index contributed by atoms with van der Waals surface area (Å²) in [6.07, 6.45) is -0.769. The van der Waals surface area contributed by atoms with Crippen molar-refractivity contribution < 1.29 is 22.4 Å². The lowest BCUT2D eigenvalue weighted by molar-refractivity contribution is -0.182. The third kappa shape index (κ3) is 3.36. The molecule has 2 rings (SSSR count). The first-order valence-corrected chi connectivity index (χ1v) is 6.53. The van der Waals surface area contributed by atoms with E-state index in [2.05, 4.69) is 5.32 Å². The highest BCUT2D eigenvalue weighted by molar-refractivity contribution is 5.85. The normalized spacial score (nSPS) is 22.8. The van der Waals surface area contributed by atoms with Gasteiger partial charge in [-0.25, -0.2) is 8.78 Å². The zero-order valence-corrected chi connectivity index (χ0v) is 11.8. The average Bonchev–Trinajstić information content (AvgIpc) is 2.39. The molecule has 2 aliphatic heterocycles. The van der Waals surface area contributed by atoms with E-state index < -0.39 is 18.3 Å². The predicted molar refractivity (Wildman–Crippen MR) is 68.5 cm³/mol. The first-order chi connectivity index (χ1) is 8.87. The molecule has 0 atom stereocenters. The van der Waals surface area contributed by atoms with Gasteiger partial charge in [-0.15, -0.1) is 12.4 Å². The summed E-state index contributed by atoms with van der Waals surface area (Å²) in [5.41, 5.74) is 0.0994. The van der Waals surface area contributed by atoms with Gasteiger partial charge in [0, 0.05) is 13.1 Å². The molecule has 1 N–H and O–H groups in total. The molecule has 0 aromatic heterocycles. The van der Waals surface area contributed by atoms with Gasteiger partial charge in [0.2, 0.25) is 0 Å². The summed E-state index contributed by atoms with van der Waals surface area (Å²) in [4.78, 5) is 12.3. The van der Waals surface area contributed by atoms with Gasteiger partial charge >= 0.3 is 12.3 Å². The molecule has 2 aliphatic rings. The van der Waals surface area contributed by atoms with Crippen LogP contribution in [0.1, 0.15) is 25.7 Å². The van der Waals surface area contributed by atoms with Crippen molar-refractivity contribution in [2.24, 2.45) is 5.41 Å². The Morgan fingerprint density at radius 1 is 1.10 bits per heavy atom. The lowest BCUT2D eigenvalue weighted by Crippen LogP contribution is -2.53. The van der Waals surface area contributed by atoms with Gasteiger partial charge in [0.05, 0.1) is 0 Å². The number of rotatable bonds is 2. The Labute approximate surface area is 121 Å². The van der Waals surface area contributed by atoms with Crippen LogP contribution in [0, 0.1) is 5.41 Å². The zero-order chi connectivity index (χ0) is 14.1. The van der Waals surface area contributed by atoms with Crippen LogP contribution in [-0.2, 0) is 4.79 Å². The summed E-state index contributed by atoms with van der Waals surface area (Å²) >= 11 is 0. The van der Waals surface area contributed by atoms with Crippen LogP contribution < -0.4 is 5.32 Å². The van der Waals surface area contributed by atoms with E-state index in [4.69, 9.17) is 0 Å². The minimum atomic E-state index is -4.56. The Balaban J connectivity index is 0.00000200. The maximum atomic E-state index is 13.0. The maximum Gasteiger partial charge on any atom is 0.383 e. The number of carbonyl (C=O) groups excluding carboxylic acids is 1. The SMILES string of the molecule is Cl.O=C(N1CCC2(CCNCC2)CC1)C(F)(F)C(F)F. The first-order valence-electron chi connectivity index (χ1n) is 6.53. The lowest BCUT2D eigenvalue weighted by Gasteiger charge is -2.44. The largest absolute Gasteiger partial charge is 0.383 e. The van der Waals surface area contributed by atoms with E-state index in [0.29, 0.717) is 12.8 Å². The Morgan fingerprint density at radius 2 is 1.60 bits per heavy atom. The second-order valence-corrected chi connectivity index (χ2v) is 5.47. The second kappa shape index (κ2) is 6.47. The van der Waals surface area contributed by atoms with Crippen LogP contribution in [0.25, 0.3) is 0 Å². The van der Waals surface area contributed by atoms with Gasteiger partial charge in [-0.1, -0.05) is 0 Å². The van der Waals surface area contributed by atoms with Gasteiger partial charge in [-0.2, -0.15) is 8.78 Å². The fourth-order valence-corrected chi connectivity index (χ4v) is 2.95. The van der Waals surface area contributed by atoms with Crippen molar-refractivity contribution in [2.45, 2.75) is 38.0 Å². The molecular formula is C12H19ClF4N2O. The Bertz CT molecular complexity index is 338. The fourth-order valence-electron chi connectivity index (χ4n) is 2.95. The number of carbonyl (C=O) groups is 1. The van der Waals surface area contributed by atoms with Crippen LogP contribution in [-0.4, -0.2) is 49.3 Å². The minimum Gasteiger partial charge on any atom is -0.337 e. The summed E-state index contributed by atoms with van der Waals surface area (Å²) < 4.78 is 50.3. The molecule has 20 heavy (non-hydrogen) atoms. The molecule has 1 spiro atoms. The third-order valence-electron chi connectivity index (χ3n) is 4.33. The smallest absolute Gasteiger partial charge is 0.337 e. The predicted octanol–water partition coefficient (Wildman–Crippen LogP) is 2.30. The van der Waals surface area contributed by atoms with Crippen molar-refractivity contribution >= 4 is 18.3 Å². The fraction of sp³-hybridized carbons (Fsp3) is 0.917. The Morgan fingerprint density at radius 3 is 2.05 bits per heavy atom. The quantitative estimate of drug-likeness (QED) is 0.792. The maximum absolute atomic E-state index is 13.0. The highest BCUT2D eigenvalue weighted by atomic mass is 35.5. The minimum absolute atomic E-state index is 0. The number of nitrogens with one attached hydrogen (secondary N) is 1. The summed E-state index contributed by atoms with van der Waals surface area (Å²) in [5, 5.41) is 3.23. The first kappa shape index (κ1) is 17.5. The van der Waals surface area contributed by atoms with Gasteiger partial charge in [-0.05, 0) is 44.2 Å². The van der Waals surface area contributed by atoms with E-state index >= 15 is 0 Å². The van der Waals surface area contributed by atoms with Crippen LogP contribution >= 0.6 is 12.4 Å². The molecule has 1 amide bonds. The number of halogens is 5. The van der Waals surface area contributed by atoms with Crippen molar-refractivity contribution in [3.63, 3.8) is 0 Å². The lowest BCUT2D eigenvalue weighted by atomic mass is 9.71. The van der Waals surface area contributed by atoms with Crippen LogP contribution in [0.15, 0.2) is 0 Å². The molecule has 0 aliphatic carbocycles. The van der Waals surface area contributed by atoms with Crippen molar-refractivity contribution in [2.75, 3.05) is 26.2 Å². The summed E-state index contributed by atoms with van der Waals surface area (Å²) in [6.45, 7) is 2.09. The number of hydrogen-bond donors (Lipinski definition) is 1. The van der Waals surface area contributed by atoms with E-state index in [1.54, 1.807) is 0 Å². The van der Waals surface area contributed by atoms with Crippen LogP contribution in [0.4, 0.5) is 17.6 Å². The molecule has 0 aromatic rings. The van der Waals surface area contributed by atoms with Gasteiger partial charge in [0.15, 0.2) is 0 Å². The number of hydrogen-bond acceptors (Lipinski definition) is 2. The van der Waals surface area contributed by atoms with Crippen molar-refractivity contribution in [3.8, 4) is 0 Å². The molecule has 0 aromatic carbocycles. The molecule has 0 radical (unpaired) electrons. The third-order valence-corrected chi connectivity index (χ3v) is 4.33. The number of amides is 1. The van der Waals surface area contributed by atoms with Gasteiger partial charge in [0.1, 0.15) is 0 Å². The van der Waals surface area contributed by atoms with E-state index in [-0.39, 0.29) is 30.9 Å². The van der Waals surface area contributed by atoms with Crippen molar-refractivity contribution in [1.29, 1.82) is 0 Å². The summed E-state index contributed by atoms with van der Waals surface area (Å²) in [6, 6.07) is 0. The molecule has 0 bridgehead atoms. The molecule has 2 heterocycles. The zero-order valence-electron chi connectivity index (χ0n) is 11.0. The Kier molecular flexibility index (Phi) is 5.66. The molecule has 2 saturated heterocycles. The molecule has 8 heteroatoms. The second-order valence-electron chi connectivity index (χ2n) is 5.47. The standard InChI is InChI=1S/C12H18F4N2O.ClH/c13-9(14)12(15,16)10(19)18-7-3-11(4-8-18)1-5-17-6-2-11;/h9,17H,1-8H2;1H. The van der Waals surface area contributed by atoms with Crippen LogP contribution in [0.5, 0.6) is 0 Å². The van der Waals surface area contributed by atoms with Crippen LogP contribution in [0.3, 0.4) is 0 Å². The summed E-state index contributed by atoms with van der Waals surface area (Å²) in [5.74, 6) is -6.29. The number of alkyl halides is 4. The monoisotopic (exact) mass is 318 g/mol. The van der Waals surface area contributed by atoms with Crippen molar-refractivity contribution in [3.05, 3.63) is 0 Å². The average molecular weight is 319 g/mol. The number of piperidine rings is 2. The van der Waals surface area contributed by atoms with E-state index in [1.807, 2.05) is 0 Å². The molecule has 118 valence electrons. The highest BCUT2D eigenvalue weighted by Gasteiger charge is 2.52. The van der Waals surface area contributed by atoms with E-state index in [1.165, 1.54) is 0 Å².